The standard InChI is InChI=1S/C20H16F2N2OS/c1-12(2)24-17(19-9-13-5-3-4-6-18(13)25-19)11-26-20(24)23-16-8-7-14(21)10-15(16)22/h3-12H,1-2H3. The summed E-state index contributed by atoms with van der Waals surface area (Å²) in [6.07, 6.45) is 0. The van der Waals surface area contributed by atoms with E-state index in [4.69, 9.17) is 4.42 Å². The first-order valence-electron chi connectivity index (χ1n) is 8.21. The van der Waals surface area contributed by atoms with Gasteiger partial charge in [-0.1, -0.05) is 18.2 Å². The lowest BCUT2D eigenvalue weighted by atomic mass is 10.2. The Morgan fingerprint density at radius 3 is 2.62 bits per heavy atom. The average Bonchev–Trinajstić information content (AvgIpc) is 3.21. The van der Waals surface area contributed by atoms with Crippen molar-refractivity contribution in [3.63, 3.8) is 0 Å². The number of benzene rings is 2. The number of rotatable bonds is 3. The van der Waals surface area contributed by atoms with Gasteiger partial charge in [0.05, 0.1) is 5.69 Å². The number of halogens is 2. The zero-order chi connectivity index (χ0) is 18.3. The number of fused-ring (bicyclic) bond motifs is 1. The molecule has 6 heteroatoms. The van der Waals surface area contributed by atoms with E-state index >= 15 is 0 Å². The summed E-state index contributed by atoms with van der Waals surface area (Å²) in [5, 5.41) is 2.96. The van der Waals surface area contributed by atoms with E-state index in [1.165, 1.54) is 23.5 Å². The molecular weight excluding hydrogens is 354 g/mol. The second-order valence-corrected chi connectivity index (χ2v) is 7.06. The van der Waals surface area contributed by atoms with E-state index in [1.807, 2.05) is 54.1 Å². The number of aromatic nitrogens is 1. The van der Waals surface area contributed by atoms with Gasteiger partial charge in [0.1, 0.15) is 17.1 Å². The molecule has 2 aromatic heterocycles. The molecule has 0 saturated heterocycles. The van der Waals surface area contributed by atoms with E-state index in [0.717, 1.165) is 28.5 Å². The van der Waals surface area contributed by atoms with Gasteiger partial charge >= 0.3 is 0 Å². The molecule has 4 rings (SSSR count). The van der Waals surface area contributed by atoms with Crippen LogP contribution in [0.5, 0.6) is 0 Å². The van der Waals surface area contributed by atoms with Gasteiger partial charge in [-0.25, -0.2) is 13.8 Å². The van der Waals surface area contributed by atoms with E-state index < -0.39 is 11.6 Å². The van der Waals surface area contributed by atoms with Gasteiger partial charge in [-0.3, -0.25) is 0 Å². The number of furan rings is 1. The summed E-state index contributed by atoms with van der Waals surface area (Å²) in [4.78, 5) is 5.03. The maximum atomic E-state index is 14.0. The van der Waals surface area contributed by atoms with Crippen molar-refractivity contribution >= 4 is 28.0 Å². The van der Waals surface area contributed by atoms with Crippen molar-refractivity contribution in [3.8, 4) is 11.5 Å². The normalized spacial score (nSPS) is 12.4. The Kier molecular flexibility index (Phi) is 4.20. The molecule has 0 aliphatic rings. The second-order valence-electron chi connectivity index (χ2n) is 6.22. The lowest BCUT2D eigenvalue weighted by Crippen LogP contribution is -2.17. The largest absolute Gasteiger partial charge is 0.454 e. The molecule has 0 aliphatic heterocycles. The Morgan fingerprint density at radius 1 is 1.08 bits per heavy atom. The monoisotopic (exact) mass is 370 g/mol. The smallest absolute Gasteiger partial charge is 0.190 e. The Bertz CT molecular complexity index is 1120. The molecule has 0 unspecified atom stereocenters. The summed E-state index contributed by atoms with van der Waals surface area (Å²) in [6, 6.07) is 13.3. The first kappa shape index (κ1) is 16.7. The average molecular weight is 370 g/mol. The first-order chi connectivity index (χ1) is 12.5. The highest BCUT2D eigenvalue weighted by atomic mass is 32.1. The Balaban J connectivity index is 1.89. The molecule has 4 aromatic rings. The van der Waals surface area contributed by atoms with Crippen molar-refractivity contribution < 1.29 is 13.2 Å². The van der Waals surface area contributed by atoms with Gasteiger partial charge < -0.3 is 8.98 Å². The number of para-hydroxylation sites is 1. The van der Waals surface area contributed by atoms with Gasteiger partial charge in [0, 0.05) is 22.9 Å². The molecule has 0 radical (unpaired) electrons. The minimum atomic E-state index is -0.681. The van der Waals surface area contributed by atoms with Crippen LogP contribution in [-0.2, 0) is 0 Å². The topological polar surface area (TPSA) is 30.4 Å². The summed E-state index contributed by atoms with van der Waals surface area (Å²) in [5.74, 6) is -0.566. The van der Waals surface area contributed by atoms with Crippen LogP contribution in [0.15, 0.2) is 63.3 Å². The van der Waals surface area contributed by atoms with Crippen molar-refractivity contribution in [2.24, 2.45) is 4.99 Å². The van der Waals surface area contributed by atoms with Gasteiger partial charge in [0.25, 0.3) is 0 Å². The Morgan fingerprint density at radius 2 is 1.88 bits per heavy atom. The zero-order valence-electron chi connectivity index (χ0n) is 14.2. The van der Waals surface area contributed by atoms with Crippen molar-refractivity contribution in [2.45, 2.75) is 19.9 Å². The summed E-state index contributed by atoms with van der Waals surface area (Å²) in [5.41, 5.74) is 1.80. The Labute approximate surface area is 152 Å². The molecule has 0 atom stereocenters. The lowest BCUT2D eigenvalue weighted by molar-refractivity contribution is 0.564. The highest BCUT2D eigenvalue weighted by molar-refractivity contribution is 7.07. The molecule has 0 bridgehead atoms. The van der Waals surface area contributed by atoms with Crippen molar-refractivity contribution in [1.82, 2.24) is 4.57 Å². The van der Waals surface area contributed by atoms with Crippen LogP contribution in [0.4, 0.5) is 14.5 Å². The van der Waals surface area contributed by atoms with Crippen LogP contribution in [0.3, 0.4) is 0 Å². The third kappa shape index (κ3) is 2.97. The minimum Gasteiger partial charge on any atom is -0.454 e. The lowest BCUT2D eigenvalue weighted by Gasteiger charge is -2.11. The molecule has 0 N–H and O–H groups in total. The molecule has 0 aliphatic carbocycles. The predicted octanol–water partition coefficient (Wildman–Crippen LogP) is 6.05. The SMILES string of the molecule is CC(C)n1c(-c2cc3ccccc3o2)csc1=Nc1ccc(F)cc1F. The van der Waals surface area contributed by atoms with Gasteiger partial charge in [-0.05, 0) is 38.1 Å². The van der Waals surface area contributed by atoms with E-state index in [9.17, 15) is 8.78 Å². The molecule has 3 nitrogen and oxygen atoms in total. The molecular formula is C20H16F2N2OS. The highest BCUT2D eigenvalue weighted by Crippen LogP contribution is 2.30. The molecule has 2 aromatic carbocycles. The van der Waals surface area contributed by atoms with Crippen molar-refractivity contribution in [1.29, 1.82) is 0 Å². The van der Waals surface area contributed by atoms with Crippen molar-refractivity contribution in [3.05, 3.63) is 70.3 Å². The van der Waals surface area contributed by atoms with Crippen LogP contribution >= 0.6 is 11.3 Å². The van der Waals surface area contributed by atoms with Crippen molar-refractivity contribution in [2.75, 3.05) is 0 Å². The van der Waals surface area contributed by atoms with Crippen LogP contribution in [0, 0.1) is 11.6 Å². The quantitative estimate of drug-likeness (QED) is 0.431. The molecule has 2 heterocycles. The van der Waals surface area contributed by atoms with E-state index in [2.05, 4.69) is 4.99 Å². The van der Waals surface area contributed by atoms with Gasteiger partial charge in [0.2, 0.25) is 0 Å². The number of hydrogen-bond acceptors (Lipinski definition) is 3. The number of nitrogens with zero attached hydrogens (tertiary/aromatic N) is 2. The molecule has 0 spiro atoms. The van der Waals surface area contributed by atoms with Gasteiger partial charge in [-0.15, -0.1) is 11.3 Å². The van der Waals surface area contributed by atoms with Crippen LogP contribution in [0.25, 0.3) is 22.4 Å². The van der Waals surface area contributed by atoms with Gasteiger partial charge in [-0.2, -0.15) is 0 Å². The molecule has 0 saturated carbocycles. The highest BCUT2D eigenvalue weighted by Gasteiger charge is 2.15. The fourth-order valence-corrected chi connectivity index (χ4v) is 3.88. The third-order valence-electron chi connectivity index (χ3n) is 4.06. The molecule has 0 amide bonds. The number of thiazole rings is 1. The molecule has 26 heavy (non-hydrogen) atoms. The fraction of sp³-hybridized carbons (Fsp3) is 0.150. The van der Waals surface area contributed by atoms with E-state index in [0.29, 0.717) is 4.80 Å². The van der Waals surface area contributed by atoms with Crippen LogP contribution in [0.2, 0.25) is 0 Å². The maximum absolute atomic E-state index is 14.0. The molecule has 0 fully saturated rings. The van der Waals surface area contributed by atoms with E-state index in [-0.39, 0.29) is 11.7 Å². The van der Waals surface area contributed by atoms with Crippen LogP contribution < -0.4 is 4.80 Å². The summed E-state index contributed by atoms with van der Waals surface area (Å²) < 4.78 is 35.1. The minimum absolute atomic E-state index is 0.0896. The predicted molar refractivity (Wildman–Crippen MR) is 99.5 cm³/mol. The van der Waals surface area contributed by atoms with Gasteiger partial charge in [0.15, 0.2) is 16.4 Å². The summed E-state index contributed by atoms with van der Waals surface area (Å²) in [7, 11) is 0. The first-order valence-corrected chi connectivity index (χ1v) is 9.09. The third-order valence-corrected chi connectivity index (χ3v) is 4.90. The molecule has 132 valence electrons. The fourth-order valence-electron chi connectivity index (χ4n) is 2.86. The Hall–Kier alpha value is -2.73. The number of hydrogen-bond donors (Lipinski definition) is 0. The maximum Gasteiger partial charge on any atom is 0.190 e. The van der Waals surface area contributed by atoms with Crippen LogP contribution in [-0.4, -0.2) is 4.57 Å². The van der Waals surface area contributed by atoms with E-state index in [1.54, 1.807) is 0 Å². The van der Waals surface area contributed by atoms with Crippen LogP contribution in [0.1, 0.15) is 19.9 Å². The summed E-state index contributed by atoms with van der Waals surface area (Å²) >= 11 is 1.39. The zero-order valence-corrected chi connectivity index (χ0v) is 15.1. The summed E-state index contributed by atoms with van der Waals surface area (Å²) in [6.45, 7) is 4.05. The second kappa shape index (κ2) is 6.53.